The smallest absolute Gasteiger partial charge is 0.0650 e. The number of rotatable bonds is 5. The third kappa shape index (κ3) is 4.49. The van der Waals surface area contributed by atoms with Gasteiger partial charge in [0.15, 0.2) is 0 Å². The van der Waals surface area contributed by atoms with E-state index in [1.807, 2.05) is 0 Å². The van der Waals surface area contributed by atoms with Crippen LogP contribution in [0.3, 0.4) is 0 Å². The number of aliphatic hydroxyl groups excluding tert-OH is 1. The molecule has 0 bridgehead atoms. The van der Waals surface area contributed by atoms with E-state index in [9.17, 15) is 0 Å². The van der Waals surface area contributed by atoms with Gasteiger partial charge in [-0.15, -0.1) is 0 Å². The highest BCUT2D eigenvalue weighted by molar-refractivity contribution is 4.91. The van der Waals surface area contributed by atoms with Crippen molar-refractivity contribution in [2.75, 3.05) is 26.4 Å². The maximum absolute atomic E-state index is 9.06. The van der Waals surface area contributed by atoms with Crippen LogP contribution in [-0.2, 0) is 4.74 Å². The van der Waals surface area contributed by atoms with Crippen LogP contribution in [-0.4, -0.2) is 37.0 Å². The van der Waals surface area contributed by atoms with Gasteiger partial charge < -0.3 is 15.2 Å². The molecule has 2 N–H and O–H groups in total. The Morgan fingerprint density at radius 2 is 2.13 bits per heavy atom. The van der Waals surface area contributed by atoms with Gasteiger partial charge in [-0.3, -0.25) is 0 Å². The van der Waals surface area contributed by atoms with Gasteiger partial charge in [-0.1, -0.05) is 20.8 Å². The number of ether oxygens (including phenoxy) is 1. The van der Waals surface area contributed by atoms with Gasteiger partial charge in [0.25, 0.3) is 0 Å². The molecule has 0 aromatic rings. The van der Waals surface area contributed by atoms with E-state index in [1.165, 1.54) is 0 Å². The lowest BCUT2D eigenvalue weighted by atomic mass is 9.90. The maximum Gasteiger partial charge on any atom is 0.0650 e. The molecule has 0 spiro atoms. The van der Waals surface area contributed by atoms with Crippen molar-refractivity contribution in [3.63, 3.8) is 0 Å². The van der Waals surface area contributed by atoms with Crippen molar-refractivity contribution in [3.8, 4) is 0 Å². The molecule has 0 amide bonds. The lowest BCUT2D eigenvalue weighted by Gasteiger charge is -2.30. The fraction of sp³-hybridized carbons (Fsp3) is 1.00. The summed E-state index contributed by atoms with van der Waals surface area (Å²) in [6, 6.07) is 0. The van der Waals surface area contributed by atoms with Gasteiger partial charge in [-0.25, -0.2) is 0 Å². The maximum atomic E-state index is 9.06. The van der Waals surface area contributed by atoms with E-state index in [0.29, 0.717) is 5.41 Å². The summed E-state index contributed by atoms with van der Waals surface area (Å²) in [5.41, 5.74) is 0.410. The molecule has 0 aliphatic carbocycles. The molecule has 90 valence electrons. The van der Waals surface area contributed by atoms with Gasteiger partial charge in [0.05, 0.1) is 6.61 Å². The van der Waals surface area contributed by atoms with E-state index < -0.39 is 0 Å². The third-order valence-electron chi connectivity index (χ3n) is 3.07. The van der Waals surface area contributed by atoms with Crippen molar-refractivity contribution in [2.45, 2.75) is 45.6 Å². The fourth-order valence-corrected chi connectivity index (χ4v) is 1.95. The summed E-state index contributed by atoms with van der Waals surface area (Å²) < 4.78 is 5.42. The predicted molar refractivity (Wildman–Crippen MR) is 61.9 cm³/mol. The zero-order chi connectivity index (χ0) is 11.4. The van der Waals surface area contributed by atoms with Crippen LogP contribution in [0.4, 0.5) is 0 Å². The largest absolute Gasteiger partial charge is 0.396 e. The molecule has 1 aliphatic heterocycles. The van der Waals surface area contributed by atoms with Gasteiger partial charge in [-0.05, 0) is 31.2 Å². The highest BCUT2D eigenvalue weighted by atomic mass is 16.5. The first-order valence-corrected chi connectivity index (χ1v) is 5.91. The van der Waals surface area contributed by atoms with Crippen LogP contribution in [0.5, 0.6) is 0 Å². The molecule has 0 aromatic carbocycles. The van der Waals surface area contributed by atoms with Crippen LogP contribution in [0.1, 0.15) is 40.0 Å². The van der Waals surface area contributed by atoms with Crippen molar-refractivity contribution in [2.24, 2.45) is 5.41 Å². The first-order chi connectivity index (χ1) is 6.97. The van der Waals surface area contributed by atoms with Crippen LogP contribution in [0, 0.1) is 5.41 Å². The van der Waals surface area contributed by atoms with E-state index in [0.717, 1.165) is 39.0 Å². The van der Waals surface area contributed by atoms with Crippen molar-refractivity contribution >= 4 is 0 Å². The molecule has 1 atom stereocenters. The highest BCUT2D eigenvalue weighted by Crippen LogP contribution is 2.24. The molecule has 1 rings (SSSR count). The predicted octanol–water partition coefficient (Wildman–Crippen LogP) is 1.55. The molecule has 0 radical (unpaired) electrons. The Balaban J connectivity index is 2.32. The van der Waals surface area contributed by atoms with E-state index in [4.69, 9.17) is 9.84 Å². The molecule has 1 heterocycles. The summed E-state index contributed by atoms with van der Waals surface area (Å²) in [6.45, 7) is 9.56. The molecule has 15 heavy (non-hydrogen) atoms. The fourth-order valence-electron chi connectivity index (χ4n) is 1.95. The quantitative estimate of drug-likeness (QED) is 0.731. The monoisotopic (exact) mass is 215 g/mol. The number of aliphatic hydroxyl groups is 1. The molecule has 1 saturated heterocycles. The summed E-state index contributed by atoms with van der Waals surface area (Å²) in [5.74, 6) is 0. The molecular formula is C12H25NO2. The SMILES string of the molecule is CC(C)(C)CCNC1(CCO)CCOC1. The number of nitrogens with one attached hydrogen (secondary N) is 1. The van der Waals surface area contributed by atoms with Crippen molar-refractivity contribution in [1.29, 1.82) is 0 Å². The van der Waals surface area contributed by atoms with Gasteiger partial charge in [0.1, 0.15) is 0 Å². The minimum Gasteiger partial charge on any atom is -0.396 e. The Kier molecular flexibility index (Phi) is 4.56. The summed E-state index contributed by atoms with van der Waals surface area (Å²) in [4.78, 5) is 0. The molecular weight excluding hydrogens is 190 g/mol. The second kappa shape index (κ2) is 5.28. The van der Waals surface area contributed by atoms with Crippen LogP contribution >= 0.6 is 0 Å². The summed E-state index contributed by atoms with van der Waals surface area (Å²) in [6.07, 6.45) is 2.98. The summed E-state index contributed by atoms with van der Waals surface area (Å²) in [7, 11) is 0. The van der Waals surface area contributed by atoms with E-state index in [1.54, 1.807) is 0 Å². The molecule has 3 heteroatoms. The second-order valence-electron chi connectivity index (χ2n) is 5.79. The highest BCUT2D eigenvalue weighted by Gasteiger charge is 2.33. The normalized spacial score (nSPS) is 27.2. The second-order valence-corrected chi connectivity index (χ2v) is 5.79. The molecule has 1 fully saturated rings. The average molecular weight is 215 g/mol. The van der Waals surface area contributed by atoms with Gasteiger partial charge in [0, 0.05) is 18.8 Å². The van der Waals surface area contributed by atoms with Crippen LogP contribution in [0.15, 0.2) is 0 Å². The summed E-state index contributed by atoms with van der Waals surface area (Å²) >= 11 is 0. The zero-order valence-corrected chi connectivity index (χ0v) is 10.3. The average Bonchev–Trinajstić information content (AvgIpc) is 2.52. The van der Waals surface area contributed by atoms with Gasteiger partial charge in [-0.2, -0.15) is 0 Å². The minimum absolute atomic E-state index is 0.0417. The molecule has 0 saturated carbocycles. The van der Waals surface area contributed by atoms with Crippen molar-refractivity contribution in [3.05, 3.63) is 0 Å². The first-order valence-electron chi connectivity index (χ1n) is 5.91. The van der Waals surface area contributed by atoms with Crippen LogP contribution in [0.2, 0.25) is 0 Å². The topological polar surface area (TPSA) is 41.5 Å². The van der Waals surface area contributed by atoms with E-state index >= 15 is 0 Å². The van der Waals surface area contributed by atoms with Crippen LogP contribution in [0.25, 0.3) is 0 Å². The van der Waals surface area contributed by atoms with E-state index in [-0.39, 0.29) is 12.1 Å². The molecule has 3 nitrogen and oxygen atoms in total. The van der Waals surface area contributed by atoms with Crippen LogP contribution < -0.4 is 5.32 Å². The number of hydrogen-bond acceptors (Lipinski definition) is 3. The Bertz CT molecular complexity index is 181. The summed E-state index contributed by atoms with van der Waals surface area (Å²) in [5, 5.41) is 12.6. The Hall–Kier alpha value is -0.120. The number of hydrogen-bond donors (Lipinski definition) is 2. The van der Waals surface area contributed by atoms with Gasteiger partial charge >= 0.3 is 0 Å². The zero-order valence-electron chi connectivity index (χ0n) is 10.3. The molecule has 0 aromatic heterocycles. The van der Waals surface area contributed by atoms with Gasteiger partial charge in [0.2, 0.25) is 0 Å². The molecule has 1 aliphatic rings. The minimum atomic E-state index is 0.0417. The van der Waals surface area contributed by atoms with Crippen molar-refractivity contribution < 1.29 is 9.84 Å². The third-order valence-corrected chi connectivity index (χ3v) is 3.07. The standard InChI is InChI=1S/C12H25NO2/c1-11(2,3)4-7-13-12(5-8-14)6-9-15-10-12/h13-14H,4-10H2,1-3H3. The van der Waals surface area contributed by atoms with Crippen molar-refractivity contribution in [1.82, 2.24) is 5.32 Å². The lowest BCUT2D eigenvalue weighted by molar-refractivity contribution is 0.144. The Labute approximate surface area is 93.2 Å². The molecule has 1 unspecified atom stereocenters. The first kappa shape index (κ1) is 12.9. The Morgan fingerprint density at radius 3 is 2.60 bits per heavy atom. The van der Waals surface area contributed by atoms with E-state index in [2.05, 4.69) is 26.1 Å². The Morgan fingerprint density at radius 1 is 1.40 bits per heavy atom. The lowest BCUT2D eigenvalue weighted by Crippen LogP contribution is -2.47.